The lowest BCUT2D eigenvalue weighted by Crippen LogP contribution is -1.96. The second-order valence-corrected chi connectivity index (χ2v) is 3.09. The fourth-order valence-electron chi connectivity index (χ4n) is 1.22. The summed E-state index contributed by atoms with van der Waals surface area (Å²) in [6.07, 6.45) is 1.43. The summed E-state index contributed by atoms with van der Waals surface area (Å²) in [5, 5.41) is 0. The molecule has 0 N–H and O–H groups in total. The number of benzene rings is 1. The van der Waals surface area contributed by atoms with Crippen LogP contribution in [0.25, 0.3) is 0 Å². The Morgan fingerprint density at radius 1 is 1.13 bits per heavy atom. The van der Waals surface area contributed by atoms with Crippen molar-refractivity contribution < 1.29 is 9.13 Å². The Balaban J connectivity index is 1.99. The molecular formula is C12H10FNO. The molecule has 2 aromatic rings. The Morgan fingerprint density at radius 2 is 1.93 bits per heavy atom. The summed E-state index contributed by atoms with van der Waals surface area (Å²) in [6.45, 7) is 0.351. The lowest BCUT2D eigenvalue weighted by molar-refractivity contribution is 0.305. The molecule has 0 fully saturated rings. The van der Waals surface area contributed by atoms with Crippen molar-refractivity contribution in [1.82, 2.24) is 4.98 Å². The van der Waals surface area contributed by atoms with E-state index in [1.54, 1.807) is 6.07 Å². The van der Waals surface area contributed by atoms with Crippen molar-refractivity contribution in [2.75, 3.05) is 0 Å². The summed E-state index contributed by atoms with van der Waals surface area (Å²) >= 11 is 0. The number of aromatic nitrogens is 1. The zero-order valence-electron chi connectivity index (χ0n) is 8.06. The summed E-state index contributed by atoms with van der Waals surface area (Å²) in [7, 11) is 0. The van der Waals surface area contributed by atoms with Crippen LogP contribution >= 0.6 is 0 Å². The first-order chi connectivity index (χ1) is 7.34. The fourth-order valence-corrected chi connectivity index (χ4v) is 1.22. The van der Waals surface area contributed by atoms with Crippen LogP contribution in [0.5, 0.6) is 5.75 Å². The number of halogens is 1. The normalized spacial score (nSPS) is 9.93. The first-order valence-corrected chi connectivity index (χ1v) is 4.63. The highest BCUT2D eigenvalue weighted by Gasteiger charge is 1.97. The number of hydrogen-bond donors (Lipinski definition) is 0. The van der Waals surface area contributed by atoms with Gasteiger partial charge in [-0.3, -0.25) is 0 Å². The molecule has 0 spiro atoms. The van der Waals surface area contributed by atoms with E-state index in [0.29, 0.717) is 6.61 Å². The summed E-state index contributed by atoms with van der Waals surface area (Å²) in [6, 6.07) is 12.5. The molecule has 0 saturated carbocycles. The molecule has 2 rings (SSSR count). The van der Waals surface area contributed by atoms with Crippen LogP contribution in [-0.2, 0) is 6.61 Å². The molecule has 0 bridgehead atoms. The van der Waals surface area contributed by atoms with E-state index in [1.807, 2.05) is 30.3 Å². The van der Waals surface area contributed by atoms with Crippen molar-refractivity contribution in [3.8, 4) is 5.75 Å². The van der Waals surface area contributed by atoms with Crippen molar-refractivity contribution >= 4 is 0 Å². The van der Waals surface area contributed by atoms with Gasteiger partial charge in [-0.05, 0) is 29.8 Å². The highest BCUT2D eigenvalue weighted by atomic mass is 19.1. The number of ether oxygens (including phenoxy) is 1. The third-order valence-electron chi connectivity index (χ3n) is 1.94. The Kier molecular flexibility index (Phi) is 2.93. The second-order valence-electron chi connectivity index (χ2n) is 3.09. The van der Waals surface area contributed by atoms with E-state index < -0.39 is 5.95 Å². The van der Waals surface area contributed by atoms with Gasteiger partial charge in [0.15, 0.2) is 0 Å². The Labute approximate surface area is 87.4 Å². The lowest BCUT2D eigenvalue weighted by atomic mass is 10.3. The van der Waals surface area contributed by atoms with E-state index in [0.717, 1.165) is 11.3 Å². The number of nitrogens with zero attached hydrogens (tertiary/aromatic N) is 1. The first-order valence-electron chi connectivity index (χ1n) is 4.63. The van der Waals surface area contributed by atoms with Crippen LogP contribution in [0.1, 0.15) is 5.56 Å². The monoisotopic (exact) mass is 203 g/mol. The number of pyridine rings is 1. The second kappa shape index (κ2) is 4.55. The molecule has 0 aliphatic carbocycles. The zero-order chi connectivity index (χ0) is 10.5. The number of para-hydroxylation sites is 1. The molecule has 0 atom stereocenters. The van der Waals surface area contributed by atoms with E-state index in [4.69, 9.17) is 4.74 Å². The SMILES string of the molecule is Fc1cc(COc2ccccc2)ccn1. The minimum atomic E-state index is -0.482. The molecule has 0 aliphatic heterocycles. The maximum Gasteiger partial charge on any atom is 0.213 e. The number of hydrogen-bond acceptors (Lipinski definition) is 2. The molecule has 0 unspecified atom stereocenters. The molecule has 1 heterocycles. The summed E-state index contributed by atoms with van der Waals surface area (Å²) in [5.41, 5.74) is 0.770. The van der Waals surface area contributed by atoms with Gasteiger partial charge in [0, 0.05) is 6.20 Å². The van der Waals surface area contributed by atoms with Gasteiger partial charge in [-0.1, -0.05) is 18.2 Å². The van der Waals surface area contributed by atoms with Gasteiger partial charge in [0.25, 0.3) is 0 Å². The van der Waals surface area contributed by atoms with Gasteiger partial charge in [0.1, 0.15) is 12.4 Å². The average molecular weight is 203 g/mol. The topological polar surface area (TPSA) is 22.1 Å². The molecule has 0 saturated heterocycles. The highest BCUT2D eigenvalue weighted by molar-refractivity contribution is 5.21. The third-order valence-corrected chi connectivity index (χ3v) is 1.94. The predicted molar refractivity (Wildman–Crippen MR) is 55.0 cm³/mol. The Hall–Kier alpha value is -1.90. The largest absolute Gasteiger partial charge is 0.489 e. The van der Waals surface area contributed by atoms with Crippen LogP contribution < -0.4 is 4.74 Å². The fraction of sp³-hybridized carbons (Fsp3) is 0.0833. The maximum absolute atomic E-state index is 12.7. The first kappa shape index (κ1) is 9.65. The molecule has 76 valence electrons. The molecule has 0 aliphatic rings. The van der Waals surface area contributed by atoms with Gasteiger partial charge < -0.3 is 4.74 Å². The van der Waals surface area contributed by atoms with Gasteiger partial charge in [0.2, 0.25) is 5.95 Å². The van der Waals surface area contributed by atoms with Gasteiger partial charge >= 0.3 is 0 Å². The quantitative estimate of drug-likeness (QED) is 0.715. The molecule has 3 heteroatoms. The average Bonchev–Trinajstić information content (AvgIpc) is 2.28. The van der Waals surface area contributed by atoms with Crippen LogP contribution in [0.15, 0.2) is 48.7 Å². The molecule has 0 radical (unpaired) electrons. The molecular weight excluding hydrogens is 193 g/mol. The van der Waals surface area contributed by atoms with E-state index in [9.17, 15) is 4.39 Å². The van der Waals surface area contributed by atoms with Gasteiger partial charge in [-0.25, -0.2) is 4.98 Å². The van der Waals surface area contributed by atoms with Crippen LogP contribution in [0.4, 0.5) is 4.39 Å². The summed E-state index contributed by atoms with van der Waals surface area (Å²) < 4.78 is 18.2. The van der Waals surface area contributed by atoms with Crippen LogP contribution in [0, 0.1) is 5.95 Å². The standard InChI is InChI=1S/C12H10FNO/c13-12-8-10(6-7-14-12)9-15-11-4-2-1-3-5-11/h1-8H,9H2. The van der Waals surface area contributed by atoms with Crippen LogP contribution in [0.3, 0.4) is 0 Å². The molecule has 15 heavy (non-hydrogen) atoms. The zero-order valence-corrected chi connectivity index (χ0v) is 8.06. The predicted octanol–water partition coefficient (Wildman–Crippen LogP) is 2.80. The summed E-state index contributed by atoms with van der Waals surface area (Å²) in [5.74, 6) is 0.291. The minimum Gasteiger partial charge on any atom is -0.489 e. The minimum absolute atomic E-state index is 0.351. The third kappa shape index (κ3) is 2.77. The van der Waals surface area contributed by atoms with E-state index >= 15 is 0 Å². The van der Waals surface area contributed by atoms with Gasteiger partial charge in [0.05, 0.1) is 0 Å². The van der Waals surface area contributed by atoms with Crippen molar-refractivity contribution in [3.05, 3.63) is 60.2 Å². The van der Waals surface area contributed by atoms with Crippen molar-refractivity contribution in [1.29, 1.82) is 0 Å². The Bertz CT molecular complexity index is 431. The molecule has 0 amide bonds. The van der Waals surface area contributed by atoms with E-state index in [1.165, 1.54) is 12.3 Å². The van der Waals surface area contributed by atoms with E-state index in [-0.39, 0.29) is 0 Å². The van der Waals surface area contributed by atoms with Crippen LogP contribution in [0.2, 0.25) is 0 Å². The highest BCUT2D eigenvalue weighted by Crippen LogP contribution is 2.11. The molecule has 1 aromatic heterocycles. The van der Waals surface area contributed by atoms with Crippen molar-refractivity contribution in [2.45, 2.75) is 6.61 Å². The maximum atomic E-state index is 12.7. The van der Waals surface area contributed by atoms with E-state index in [2.05, 4.69) is 4.98 Å². The van der Waals surface area contributed by atoms with Crippen LogP contribution in [-0.4, -0.2) is 4.98 Å². The van der Waals surface area contributed by atoms with Crippen molar-refractivity contribution in [2.24, 2.45) is 0 Å². The smallest absolute Gasteiger partial charge is 0.213 e. The molecule has 2 nitrogen and oxygen atoms in total. The molecule has 1 aromatic carbocycles. The number of rotatable bonds is 3. The lowest BCUT2D eigenvalue weighted by Gasteiger charge is -2.05. The van der Waals surface area contributed by atoms with Gasteiger partial charge in [-0.2, -0.15) is 4.39 Å². The Morgan fingerprint density at radius 3 is 2.67 bits per heavy atom. The summed E-state index contributed by atoms with van der Waals surface area (Å²) in [4.78, 5) is 3.47. The van der Waals surface area contributed by atoms with Crippen molar-refractivity contribution in [3.63, 3.8) is 0 Å². The van der Waals surface area contributed by atoms with Gasteiger partial charge in [-0.15, -0.1) is 0 Å².